The van der Waals surface area contributed by atoms with Crippen LogP contribution < -0.4 is 4.90 Å². The smallest absolute Gasteiger partial charge is 0.329 e. The Bertz CT molecular complexity index is 407. The van der Waals surface area contributed by atoms with Crippen molar-refractivity contribution in [3.63, 3.8) is 0 Å². The topological polar surface area (TPSA) is 64.3 Å². The predicted octanol–water partition coefficient (Wildman–Crippen LogP) is 2.00. The number of hydrogen-bond acceptors (Lipinski definition) is 3. The van der Waals surface area contributed by atoms with Gasteiger partial charge in [0.15, 0.2) is 0 Å². The van der Waals surface area contributed by atoms with E-state index in [-0.39, 0.29) is 0 Å². The Balaban J connectivity index is 2.80. The monoisotopic (exact) mass is 216 g/mol. The first kappa shape index (κ1) is 11.8. The Morgan fingerprint density at radius 3 is 2.69 bits per heavy atom. The molecule has 0 bridgehead atoms. The molecule has 0 aliphatic rings. The van der Waals surface area contributed by atoms with Crippen molar-refractivity contribution in [3.05, 3.63) is 42.6 Å². The average Bonchev–Trinajstić information content (AvgIpc) is 2.30. The molecule has 0 radical (unpaired) electrons. The lowest BCUT2D eigenvalue weighted by Crippen LogP contribution is -2.17. The van der Waals surface area contributed by atoms with Crippen LogP contribution in [-0.4, -0.2) is 17.6 Å². The lowest BCUT2D eigenvalue weighted by atomic mass is 10.3. The van der Waals surface area contributed by atoms with Gasteiger partial charge in [-0.2, -0.15) is 5.26 Å². The molecule has 1 rings (SSSR count). The molecule has 16 heavy (non-hydrogen) atoms. The zero-order valence-electron chi connectivity index (χ0n) is 8.71. The summed E-state index contributed by atoms with van der Waals surface area (Å²) in [7, 11) is 0. The van der Waals surface area contributed by atoms with Gasteiger partial charge in [0.2, 0.25) is 0 Å². The maximum Gasteiger partial charge on any atom is 0.329 e. The molecule has 4 nitrogen and oxygen atoms in total. The van der Waals surface area contributed by atoms with Gasteiger partial charge < -0.3 is 10.0 Å². The molecule has 0 spiro atoms. The minimum atomic E-state index is -1.00. The van der Waals surface area contributed by atoms with E-state index in [9.17, 15) is 4.79 Å². The molecule has 0 fully saturated rings. The van der Waals surface area contributed by atoms with E-state index in [4.69, 9.17) is 10.4 Å². The highest BCUT2D eigenvalue weighted by atomic mass is 16.4. The molecule has 0 atom stereocenters. The van der Waals surface area contributed by atoms with Crippen LogP contribution >= 0.6 is 0 Å². The van der Waals surface area contributed by atoms with Crippen LogP contribution in [0.2, 0.25) is 0 Å². The van der Waals surface area contributed by atoms with Gasteiger partial charge in [0.05, 0.1) is 12.5 Å². The summed E-state index contributed by atoms with van der Waals surface area (Å²) in [6.45, 7) is 0.476. The SMILES string of the molecule is N#CCCN(C=CC(=O)O)c1ccccc1. The van der Waals surface area contributed by atoms with E-state index in [0.29, 0.717) is 13.0 Å². The molecule has 1 aromatic rings. The minimum absolute atomic E-state index is 0.346. The van der Waals surface area contributed by atoms with E-state index in [1.165, 1.54) is 6.20 Å². The van der Waals surface area contributed by atoms with E-state index in [0.717, 1.165) is 11.8 Å². The van der Waals surface area contributed by atoms with E-state index in [1.54, 1.807) is 4.90 Å². The maximum absolute atomic E-state index is 10.4. The number of hydrogen-bond donors (Lipinski definition) is 1. The van der Waals surface area contributed by atoms with Gasteiger partial charge in [0.1, 0.15) is 0 Å². The second kappa shape index (κ2) is 6.25. The van der Waals surface area contributed by atoms with Crippen LogP contribution in [0, 0.1) is 11.3 Å². The van der Waals surface area contributed by atoms with Gasteiger partial charge in [0, 0.05) is 24.5 Å². The molecule has 0 saturated carbocycles. The molecular weight excluding hydrogens is 204 g/mol. The molecule has 0 aliphatic heterocycles. The van der Waals surface area contributed by atoms with Gasteiger partial charge >= 0.3 is 5.97 Å². The van der Waals surface area contributed by atoms with Crippen molar-refractivity contribution in [1.82, 2.24) is 0 Å². The average molecular weight is 216 g/mol. The number of rotatable bonds is 5. The van der Waals surface area contributed by atoms with Crippen LogP contribution in [-0.2, 0) is 4.79 Å². The molecule has 0 amide bonds. The molecule has 1 N–H and O–H groups in total. The third kappa shape index (κ3) is 3.84. The summed E-state index contributed by atoms with van der Waals surface area (Å²) < 4.78 is 0. The van der Waals surface area contributed by atoms with E-state index < -0.39 is 5.97 Å². The highest BCUT2D eigenvalue weighted by Gasteiger charge is 2.02. The molecular formula is C12H12N2O2. The number of nitriles is 1. The third-order valence-corrected chi connectivity index (χ3v) is 1.95. The van der Waals surface area contributed by atoms with Crippen LogP contribution in [0.25, 0.3) is 0 Å². The zero-order valence-corrected chi connectivity index (χ0v) is 8.71. The van der Waals surface area contributed by atoms with Crippen LogP contribution in [0.3, 0.4) is 0 Å². The number of carboxylic acids is 1. The third-order valence-electron chi connectivity index (χ3n) is 1.95. The normalized spacial score (nSPS) is 9.94. The van der Waals surface area contributed by atoms with Crippen molar-refractivity contribution >= 4 is 11.7 Å². The maximum atomic E-state index is 10.4. The second-order valence-corrected chi connectivity index (χ2v) is 3.09. The van der Waals surface area contributed by atoms with E-state index in [1.807, 2.05) is 36.4 Å². The van der Waals surface area contributed by atoms with Crippen LogP contribution in [0.15, 0.2) is 42.6 Å². The molecule has 0 unspecified atom stereocenters. The van der Waals surface area contributed by atoms with Crippen LogP contribution in [0.4, 0.5) is 5.69 Å². The fourth-order valence-corrected chi connectivity index (χ4v) is 1.23. The van der Waals surface area contributed by atoms with Crippen molar-refractivity contribution in [3.8, 4) is 6.07 Å². The fraction of sp³-hybridized carbons (Fsp3) is 0.167. The highest BCUT2D eigenvalue weighted by Crippen LogP contribution is 2.13. The van der Waals surface area contributed by atoms with Gasteiger partial charge in [-0.15, -0.1) is 0 Å². The van der Waals surface area contributed by atoms with Crippen molar-refractivity contribution in [2.45, 2.75) is 6.42 Å². The minimum Gasteiger partial charge on any atom is -0.478 e. The molecule has 0 aliphatic carbocycles. The van der Waals surface area contributed by atoms with Gasteiger partial charge in [-0.1, -0.05) is 18.2 Å². The number of para-hydroxylation sites is 1. The largest absolute Gasteiger partial charge is 0.478 e. The number of benzene rings is 1. The predicted molar refractivity (Wildman–Crippen MR) is 60.8 cm³/mol. The Morgan fingerprint density at radius 1 is 1.44 bits per heavy atom. The molecule has 0 saturated heterocycles. The Hall–Kier alpha value is -2.28. The zero-order chi connectivity index (χ0) is 11.8. The summed E-state index contributed by atoms with van der Waals surface area (Å²) in [5.41, 5.74) is 0.871. The van der Waals surface area contributed by atoms with Crippen LogP contribution in [0.1, 0.15) is 6.42 Å². The summed E-state index contributed by atoms with van der Waals surface area (Å²) in [4.78, 5) is 12.2. The summed E-state index contributed by atoms with van der Waals surface area (Å²) in [5.74, 6) is -1.00. The number of carboxylic acid groups (broad SMARTS) is 1. The Labute approximate surface area is 94.0 Å². The van der Waals surface area contributed by atoms with E-state index >= 15 is 0 Å². The van der Waals surface area contributed by atoms with Crippen molar-refractivity contribution in [1.29, 1.82) is 5.26 Å². The first-order valence-electron chi connectivity index (χ1n) is 4.84. The van der Waals surface area contributed by atoms with Gasteiger partial charge in [-0.25, -0.2) is 4.79 Å². The van der Waals surface area contributed by atoms with Crippen molar-refractivity contribution < 1.29 is 9.90 Å². The molecule has 0 aromatic heterocycles. The second-order valence-electron chi connectivity index (χ2n) is 3.09. The Kier molecular flexibility index (Phi) is 4.61. The van der Waals surface area contributed by atoms with Gasteiger partial charge in [0.25, 0.3) is 0 Å². The first-order chi connectivity index (χ1) is 7.74. The molecule has 1 aromatic carbocycles. The quantitative estimate of drug-likeness (QED) is 0.764. The number of carbonyl (C=O) groups is 1. The summed E-state index contributed by atoms with van der Waals surface area (Å²) >= 11 is 0. The van der Waals surface area contributed by atoms with E-state index in [2.05, 4.69) is 0 Å². The first-order valence-corrected chi connectivity index (χ1v) is 4.84. The molecule has 82 valence electrons. The lowest BCUT2D eigenvalue weighted by molar-refractivity contribution is -0.131. The number of nitrogens with zero attached hydrogens (tertiary/aromatic N) is 2. The molecule has 0 heterocycles. The summed E-state index contributed by atoms with van der Waals surface area (Å²) in [6, 6.07) is 11.4. The lowest BCUT2D eigenvalue weighted by Gasteiger charge is -2.18. The standard InChI is InChI=1S/C12H12N2O2/c13-8-4-9-14(10-7-12(15)16)11-5-2-1-3-6-11/h1-3,5-7,10H,4,9H2,(H,15,16). The fourth-order valence-electron chi connectivity index (χ4n) is 1.23. The summed E-state index contributed by atoms with van der Waals surface area (Å²) in [5, 5.41) is 17.1. The van der Waals surface area contributed by atoms with Gasteiger partial charge in [-0.05, 0) is 12.1 Å². The Morgan fingerprint density at radius 2 is 2.12 bits per heavy atom. The highest BCUT2D eigenvalue weighted by molar-refractivity contribution is 5.80. The van der Waals surface area contributed by atoms with Gasteiger partial charge in [-0.3, -0.25) is 0 Å². The molecule has 4 heteroatoms. The summed E-state index contributed by atoms with van der Waals surface area (Å²) in [6.07, 6.45) is 2.87. The van der Waals surface area contributed by atoms with Crippen LogP contribution in [0.5, 0.6) is 0 Å². The number of anilines is 1. The van der Waals surface area contributed by atoms with Crippen molar-refractivity contribution in [2.75, 3.05) is 11.4 Å². The van der Waals surface area contributed by atoms with Crippen molar-refractivity contribution in [2.24, 2.45) is 0 Å². The number of aliphatic carboxylic acids is 1.